The molecule has 0 aromatic rings. The van der Waals surface area contributed by atoms with Crippen LogP contribution in [-0.4, -0.2) is 31.6 Å². The van der Waals surface area contributed by atoms with Gasteiger partial charge in [-0.15, -0.1) is 0 Å². The van der Waals surface area contributed by atoms with Crippen LogP contribution in [0.1, 0.15) is 39.0 Å². The van der Waals surface area contributed by atoms with Gasteiger partial charge < -0.3 is 16.4 Å². The summed E-state index contributed by atoms with van der Waals surface area (Å²) in [5, 5.41) is 6.28. The Hall–Kier alpha value is -0.610. The van der Waals surface area contributed by atoms with Gasteiger partial charge >= 0.3 is 0 Å². The molecule has 0 radical (unpaired) electrons. The third-order valence-corrected chi connectivity index (χ3v) is 3.34. The fraction of sp³-hybridized carbons (Fsp3) is 0.917. The summed E-state index contributed by atoms with van der Waals surface area (Å²) in [7, 11) is 0. The normalized spacial score (nSPS) is 25.4. The largest absolute Gasteiger partial charge is 0.356 e. The predicted octanol–water partition coefficient (Wildman–Crippen LogP) is 0.620. The van der Waals surface area contributed by atoms with Crippen molar-refractivity contribution in [1.29, 1.82) is 0 Å². The lowest BCUT2D eigenvalue weighted by Crippen LogP contribution is -2.43. The molecule has 0 saturated heterocycles. The van der Waals surface area contributed by atoms with E-state index in [1.54, 1.807) is 0 Å². The van der Waals surface area contributed by atoms with Gasteiger partial charge in [0.15, 0.2) is 0 Å². The first-order valence-electron chi connectivity index (χ1n) is 6.48. The molecular formula is C12H25N3O. The van der Waals surface area contributed by atoms with Gasteiger partial charge in [-0.25, -0.2) is 0 Å². The number of hydrogen-bond acceptors (Lipinski definition) is 3. The van der Waals surface area contributed by atoms with Crippen LogP contribution in [0.2, 0.25) is 0 Å². The monoisotopic (exact) mass is 227 g/mol. The lowest BCUT2D eigenvalue weighted by atomic mass is 9.84. The van der Waals surface area contributed by atoms with Gasteiger partial charge in [-0.1, -0.05) is 12.8 Å². The van der Waals surface area contributed by atoms with Crippen LogP contribution in [0.25, 0.3) is 0 Å². The Kier molecular flexibility index (Phi) is 6.42. The van der Waals surface area contributed by atoms with E-state index < -0.39 is 0 Å². The molecule has 1 saturated carbocycles. The van der Waals surface area contributed by atoms with Crippen molar-refractivity contribution >= 4 is 5.91 Å². The average Bonchev–Trinajstić information content (AvgIpc) is 2.30. The Balaban J connectivity index is 2.17. The summed E-state index contributed by atoms with van der Waals surface area (Å²) in [6.07, 6.45) is 5.60. The molecule has 1 rings (SSSR count). The summed E-state index contributed by atoms with van der Waals surface area (Å²) >= 11 is 0. The van der Waals surface area contributed by atoms with Crippen molar-refractivity contribution in [2.75, 3.05) is 19.6 Å². The number of carbonyl (C=O) groups is 1. The van der Waals surface area contributed by atoms with E-state index in [-0.39, 0.29) is 5.91 Å². The quantitative estimate of drug-likeness (QED) is 0.623. The highest BCUT2D eigenvalue weighted by molar-refractivity contribution is 5.75. The molecule has 1 aliphatic carbocycles. The van der Waals surface area contributed by atoms with E-state index in [0.29, 0.717) is 24.9 Å². The molecule has 16 heavy (non-hydrogen) atoms. The Bertz CT molecular complexity index is 208. The lowest BCUT2D eigenvalue weighted by molar-refractivity contribution is -0.120. The summed E-state index contributed by atoms with van der Waals surface area (Å²) in [6, 6.07) is 0.521. The van der Waals surface area contributed by atoms with Gasteiger partial charge in [-0.05, 0) is 32.2 Å². The van der Waals surface area contributed by atoms with Crippen LogP contribution in [0.15, 0.2) is 0 Å². The number of amides is 1. The first kappa shape index (κ1) is 13.5. The molecule has 4 nitrogen and oxygen atoms in total. The van der Waals surface area contributed by atoms with Crippen molar-refractivity contribution in [2.24, 2.45) is 11.7 Å². The van der Waals surface area contributed by atoms with E-state index in [4.69, 9.17) is 5.73 Å². The number of nitrogens with two attached hydrogens (primary N) is 1. The van der Waals surface area contributed by atoms with Crippen molar-refractivity contribution in [3.8, 4) is 0 Å². The molecule has 4 N–H and O–H groups in total. The van der Waals surface area contributed by atoms with Crippen LogP contribution in [0.5, 0.6) is 0 Å². The predicted molar refractivity (Wildman–Crippen MR) is 66.1 cm³/mol. The van der Waals surface area contributed by atoms with Gasteiger partial charge in [0.25, 0.3) is 0 Å². The molecule has 2 unspecified atom stereocenters. The first-order chi connectivity index (χ1) is 7.77. The van der Waals surface area contributed by atoms with E-state index >= 15 is 0 Å². The third-order valence-electron chi connectivity index (χ3n) is 3.34. The second kappa shape index (κ2) is 7.63. The number of nitrogens with one attached hydrogen (secondary N) is 2. The maximum atomic E-state index is 11.3. The van der Waals surface area contributed by atoms with Crippen molar-refractivity contribution in [3.63, 3.8) is 0 Å². The first-order valence-corrected chi connectivity index (χ1v) is 6.48. The highest BCUT2D eigenvalue weighted by Crippen LogP contribution is 2.23. The Morgan fingerprint density at radius 3 is 2.81 bits per heavy atom. The van der Waals surface area contributed by atoms with Crippen LogP contribution in [-0.2, 0) is 4.79 Å². The molecule has 1 fully saturated rings. The summed E-state index contributed by atoms with van der Waals surface area (Å²) < 4.78 is 0. The van der Waals surface area contributed by atoms with E-state index in [1.165, 1.54) is 25.7 Å². The summed E-state index contributed by atoms with van der Waals surface area (Å²) in [5.74, 6) is 0.734. The second-order valence-electron chi connectivity index (χ2n) is 4.54. The van der Waals surface area contributed by atoms with Gasteiger partial charge in [-0.2, -0.15) is 0 Å². The molecule has 2 atom stereocenters. The Morgan fingerprint density at radius 2 is 2.12 bits per heavy atom. The highest BCUT2D eigenvalue weighted by atomic mass is 16.1. The standard InChI is InChI=1S/C12H25N3O/c1-2-14-12(16)7-8-15-11-6-4-3-5-10(11)9-13/h10-11,15H,2-9,13H2,1H3,(H,14,16). The van der Waals surface area contributed by atoms with Gasteiger partial charge in [-0.3, -0.25) is 4.79 Å². The minimum absolute atomic E-state index is 0.134. The van der Waals surface area contributed by atoms with Gasteiger partial charge in [0.2, 0.25) is 5.91 Å². The molecule has 1 amide bonds. The minimum Gasteiger partial charge on any atom is -0.356 e. The fourth-order valence-corrected chi connectivity index (χ4v) is 2.42. The number of hydrogen-bond donors (Lipinski definition) is 3. The molecule has 1 aliphatic rings. The molecule has 0 aliphatic heterocycles. The van der Waals surface area contributed by atoms with Crippen LogP contribution in [0.4, 0.5) is 0 Å². The van der Waals surface area contributed by atoms with Gasteiger partial charge in [0, 0.05) is 25.6 Å². The lowest BCUT2D eigenvalue weighted by Gasteiger charge is -2.31. The van der Waals surface area contributed by atoms with Crippen LogP contribution in [0, 0.1) is 5.92 Å². The van der Waals surface area contributed by atoms with Gasteiger partial charge in [0.1, 0.15) is 0 Å². The van der Waals surface area contributed by atoms with Crippen LogP contribution in [0.3, 0.4) is 0 Å². The van der Waals surface area contributed by atoms with E-state index in [2.05, 4.69) is 10.6 Å². The van der Waals surface area contributed by atoms with Crippen molar-refractivity contribution in [1.82, 2.24) is 10.6 Å². The van der Waals surface area contributed by atoms with Crippen molar-refractivity contribution in [2.45, 2.75) is 45.1 Å². The summed E-state index contributed by atoms with van der Waals surface area (Å²) in [6.45, 7) is 4.19. The topological polar surface area (TPSA) is 67.2 Å². The minimum atomic E-state index is 0.134. The van der Waals surface area contributed by atoms with E-state index in [1.807, 2.05) is 6.92 Å². The molecule has 0 heterocycles. The zero-order valence-corrected chi connectivity index (χ0v) is 10.3. The van der Waals surface area contributed by atoms with Crippen molar-refractivity contribution < 1.29 is 4.79 Å². The molecule has 0 spiro atoms. The molecule has 0 aromatic heterocycles. The van der Waals surface area contributed by atoms with Crippen LogP contribution < -0.4 is 16.4 Å². The Morgan fingerprint density at radius 1 is 1.38 bits per heavy atom. The maximum absolute atomic E-state index is 11.3. The van der Waals surface area contributed by atoms with E-state index in [0.717, 1.165) is 13.1 Å². The summed E-state index contributed by atoms with van der Waals surface area (Å²) in [4.78, 5) is 11.3. The maximum Gasteiger partial charge on any atom is 0.221 e. The van der Waals surface area contributed by atoms with Crippen LogP contribution >= 0.6 is 0 Å². The average molecular weight is 227 g/mol. The van der Waals surface area contributed by atoms with Gasteiger partial charge in [0.05, 0.1) is 0 Å². The molecule has 4 heteroatoms. The second-order valence-corrected chi connectivity index (χ2v) is 4.54. The smallest absolute Gasteiger partial charge is 0.221 e. The highest BCUT2D eigenvalue weighted by Gasteiger charge is 2.23. The number of carbonyl (C=O) groups excluding carboxylic acids is 1. The summed E-state index contributed by atoms with van der Waals surface area (Å²) in [5.41, 5.74) is 5.75. The zero-order valence-electron chi connectivity index (χ0n) is 10.3. The third kappa shape index (κ3) is 4.49. The Labute approximate surface area is 98.3 Å². The fourth-order valence-electron chi connectivity index (χ4n) is 2.42. The SMILES string of the molecule is CCNC(=O)CCNC1CCCCC1CN. The molecular weight excluding hydrogens is 202 g/mol. The van der Waals surface area contributed by atoms with E-state index in [9.17, 15) is 4.79 Å². The number of rotatable bonds is 6. The molecule has 0 aromatic carbocycles. The molecule has 94 valence electrons. The van der Waals surface area contributed by atoms with Crippen molar-refractivity contribution in [3.05, 3.63) is 0 Å². The zero-order chi connectivity index (χ0) is 11.8. The molecule has 0 bridgehead atoms.